The molecule has 0 saturated carbocycles. The maximum Gasteiger partial charge on any atom is 0.223 e. The number of carbonyl (C=O) groups excluding carboxylic acids is 1. The van der Waals surface area contributed by atoms with Crippen molar-refractivity contribution in [2.45, 2.75) is 18.9 Å². The first-order chi connectivity index (χ1) is 12.2. The van der Waals surface area contributed by atoms with E-state index in [1.165, 1.54) is 12.1 Å². The average molecular weight is 338 g/mol. The second-order valence-electron chi connectivity index (χ2n) is 6.06. The Kier molecular flexibility index (Phi) is 5.42. The zero-order chi connectivity index (χ0) is 17.6. The number of morpholine rings is 1. The predicted octanol–water partition coefficient (Wildman–Crippen LogP) is 3.23. The summed E-state index contributed by atoms with van der Waals surface area (Å²) in [5, 5.41) is 8.81. The molecule has 2 aromatic rings. The van der Waals surface area contributed by atoms with Crippen LogP contribution in [0.4, 0.5) is 4.39 Å². The zero-order valence-electron chi connectivity index (χ0n) is 13.8. The van der Waals surface area contributed by atoms with Crippen molar-refractivity contribution in [3.05, 3.63) is 71.0 Å². The molecule has 0 radical (unpaired) electrons. The number of hydrogen-bond acceptors (Lipinski definition) is 3. The van der Waals surface area contributed by atoms with Gasteiger partial charge in [0.1, 0.15) is 11.9 Å². The maximum absolute atomic E-state index is 13.0. The van der Waals surface area contributed by atoms with E-state index in [0.29, 0.717) is 38.1 Å². The van der Waals surface area contributed by atoms with Crippen LogP contribution >= 0.6 is 0 Å². The highest BCUT2D eigenvalue weighted by atomic mass is 19.1. The van der Waals surface area contributed by atoms with Crippen molar-refractivity contribution in [1.82, 2.24) is 4.90 Å². The fraction of sp³-hybridized carbons (Fsp3) is 0.300. The second kappa shape index (κ2) is 7.91. The van der Waals surface area contributed by atoms with Gasteiger partial charge in [0.2, 0.25) is 5.91 Å². The molecule has 1 aliphatic rings. The number of aryl methyl sites for hydroxylation is 1. The number of nitriles is 1. The minimum Gasteiger partial charge on any atom is -0.370 e. The van der Waals surface area contributed by atoms with E-state index >= 15 is 0 Å². The number of halogens is 1. The summed E-state index contributed by atoms with van der Waals surface area (Å²) in [4.78, 5) is 14.3. The lowest BCUT2D eigenvalue weighted by Gasteiger charge is -2.33. The van der Waals surface area contributed by atoms with E-state index in [-0.39, 0.29) is 17.8 Å². The molecule has 5 heteroatoms. The van der Waals surface area contributed by atoms with Gasteiger partial charge < -0.3 is 9.64 Å². The molecule has 25 heavy (non-hydrogen) atoms. The molecule has 128 valence electrons. The Bertz CT molecular complexity index is 766. The molecule has 1 fully saturated rings. The SMILES string of the molecule is N#Cc1ccc(CCC(=O)N2CCOC(c3ccc(F)cc3)C2)cc1. The third-order valence-electron chi connectivity index (χ3n) is 4.37. The number of benzene rings is 2. The lowest BCUT2D eigenvalue weighted by molar-refractivity contribution is -0.139. The van der Waals surface area contributed by atoms with Crippen LogP contribution in [0.5, 0.6) is 0 Å². The minimum absolute atomic E-state index is 0.0831. The summed E-state index contributed by atoms with van der Waals surface area (Å²) >= 11 is 0. The van der Waals surface area contributed by atoms with Crippen LogP contribution in [0, 0.1) is 17.1 Å². The highest BCUT2D eigenvalue weighted by Crippen LogP contribution is 2.23. The normalized spacial score (nSPS) is 17.1. The van der Waals surface area contributed by atoms with Crippen LogP contribution in [0.1, 0.15) is 29.2 Å². The van der Waals surface area contributed by atoms with Gasteiger partial charge in [-0.15, -0.1) is 0 Å². The number of carbonyl (C=O) groups is 1. The summed E-state index contributed by atoms with van der Waals surface area (Å²) in [5.41, 5.74) is 2.53. The Morgan fingerprint density at radius 1 is 1.20 bits per heavy atom. The van der Waals surface area contributed by atoms with Gasteiger partial charge >= 0.3 is 0 Å². The lowest BCUT2D eigenvalue weighted by Crippen LogP contribution is -2.42. The Balaban J connectivity index is 1.56. The molecule has 2 aromatic carbocycles. The largest absolute Gasteiger partial charge is 0.370 e. The standard InChI is InChI=1S/C20H19FN2O2/c21-18-8-6-17(7-9-18)19-14-23(11-12-25-19)20(24)10-5-15-1-3-16(13-22)4-2-15/h1-4,6-9,19H,5,10-12,14H2. The molecule has 0 aromatic heterocycles. The number of nitrogens with zero attached hydrogens (tertiary/aromatic N) is 2. The molecule has 1 aliphatic heterocycles. The van der Waals surface area contributed by atoms with Crippen LogP contribution in [0.15, 0.2) is 48.5 Å². The molecular weight excluding hydrogens is 319 g/mol. The topological polar surface area (TPSA) is 53.3 Å². The van der Waals surface area contributed by atoms with Crippen LogP contribution in [0.25, 0.3) is 0 Å². The van der Waals surface area contributed by atoms with E-state index in [0.717, 1.165) is 11.1 Å². The predicted molar refractivity (Wildman–Crippen MR) is 91.2 cm³/mol. The molecule has 0 bridgehead atoms. The molecule has 1 heterocycles. The van der Waals surface area contributed by atoms with Crippen LogP contribution in [-0.4, -0.2) is 30.5 Å². The van der Waals surface area contributed by atoms with E-state index in [4.69, 9.17) is 10.00 Å². The monoisotopic (exact) mass is 338 g/mol. The highest BCUT2D eigenvalue weighted by molar-refractivity contribution is 5.76. The van der Waals surface area contributed by atoms with Crippen LogP contribution in [-0.2, 0) is 16.0 Å². The Morgan fingerprint density at radius 3 is 2.60 bits per heavy atom. The maximum atomic E-state index is 13.0. The van der Waals surface area contributed by atoms with Gasteiger partial charge in [0.15, 0.2) is 0 Å². The molecule has 0 N–H and O–H groups in total. The van der Waals surface area contributed by atoms with Crippen molar-refractivity contribution in [2.75, 3.05) is 19.7 Å². The molecule has 1 atom stereocenters. The van der Waals surface area contributed by atoms with Crippen molar-refractivity contribution in [3.63, 3.8) is 0 Å². The van der Waals surface area contributed by atoms with Crippen LogP contribution in [0.3, 0.4) is 0 Å². The highest BCUT2D eigenvalue weighted by Gasteiger charge is 2.25. The summed E-state index contributed by atoms with van der Waals surface area (Å²) in [6.45, 7) is 1.53. The van der Waals surface area contributed by atoms with Gasteiger partial charge in [0, 0.05) is 13.0 Å². The third-order valence-corrected chi connectivity index (χ3v) is 4.37. The van der Waals surface area contributed by atoms with Crippen molar-refractivity contribution in [1.29, 1.82) is 5.26 Å². The van der Waals surface area contributed by atoms with E-state index in [2.05, 4.69) is 6.07 Å². The first kappa shape index (κ1) is 17.1. The third kappa shape index (κ3) is 4.43. The molecule has 4 nitrogen and oxygen atoms in total. The van der Waals surface area contributed by atoms with Crippen molar-refractivity contribution in [2.24, 2.45) is 0 Å². The fourth-order valence-electron chi connectivity index (χ4n) is 2.91. The fourth-order valence-corrected chi connectivity index (χ4v) is 2.91. The van der Waals surface area contributed by atoms with Crippen LogP contribution in [0.2, 0.25) is 0 Å². The quantitative estimate of drug-likeness (QED) is 0.860. The first-order valence-electron chi connectivity index (χ1n) is 8.29. The molecule has 1 saturated heterocycles. The van der Waals surface area contributed by atoms with Crippen molar-refractivity contribution in [3.8, 4) is 6.07 Å². The number of rotatable bonds is 4. The van der Waals surface area contributed by atoms with E-state index < -0.39 is 0 Å². The lowest BCUT2D eigenvalue weighted by atomic mass is 10.1. The molecular formula is C20H19FN2O2. The molecule has 0 aliphatic carbocycles. The van der Waals surface area contributed by atoms with Gasteiger partial charge in [-0.1, -0.05) is 24.3 Å². The summed E-state index contributed by atoms with van der Waals surface area (Å²) < 4.78 is 18.8. The smallest absolute Gasteiger partial charge is 0.223 e. The Morgan fingerprint density at radius 2 is 1.92 bits per heavy atom. The molecule has 3 rings (SSSR count). The second-order valence-corrected chi connectivity index (χ2v) is 6.06. The molecule has 0 spiro atoms. The van der Waals surface area contributed by atoms with Crippen molar-refractivity contribution >= 4 is 5.91 Å². The molecule has 1 unspecified atom stereocenters. The van der Waals surface area contributed by atoms with E-state index in [9.17, 15) is 9.18 Å². The Hall–Kier alpha value is -2.71. The number of amides is 1. The summed E-state index contributed by atoms with van der Waals surface area (Å²) in [6.07, 6.45) is 0.846. The zero-order valence-corrected chi connectivity index (χ0v) is 13.8. The first-order valence-corrected chi connectivity index (χ1v) is 8.29. The van der Waals surface area contributed by atoms with Gasteiger partial charge in [0.25, 0.3) is 0 Å². The minimum atomic E-state index is -0.282. The van der Waals surface area contributed by atoms with E-state index in [1.54, 1.807) is 29.2 Å². The van der Waals surface area contributed by atoms with E-state index in [1.807, 2.05) is 12.1 Å². The van der Waals surface area contributed by atoms with Gasteiger partial charge in [-0.3, -0.25) is 4.79 Å². The van der Waals surface area contributed by atoms with Gasteiger partial charge in [-0.25, -0.2) is 4.39 Å². The van der Waals surface area contributed by atoms with Crippen molar-refractivity contribution < 1.29 is 13.9 Å². The van der Waals surface area contributed by atoms with Gasteiger partial charge in [-0.2, -0.15) is 5.26 Å². The number of hydrogen-bond donors (Lipinski definition) is 0. The number of ether oxygens (including phenoxy) is 1. The summed E-state index contributed by atoms with van der Waals surface area (Å²) in [5.74, 6) is -0.199. The summed E-state index contributed by atoms with van der Waals surface area (Å²) in [7, 11) is 0. The average Bonchev–Trinajstić information content (AvgIpc) is 2.67. The molecule has 1 amide bonds. The summed E-state index contributed by atoms with van der Waals surface area (Å²) in [6, 6.07) is 15.6. The Labute approximate surface area is 146 Å². The van der Waals surface area contributed by atoms with Crippen LogP contribution < -0.4 is 0 Å². The van der Waals surface area contributed by atoms with Gasteiger partial charge in [0.05, 0.1) is 24.8 Å². The van der Waals surface area contributed by atoms with Gasteiger partial charge in [-0.05, 0) is 41.8 Å².